The zero-order chi connectivity index (χ0) is 14.4. The molecule has 0 aliphatic heterocycles. The first-order valence-electron chi connectivity index (χ1n) is 7.92. The van der Waals surface area contributed by atoms with Gasteiger partial charge in [0.15, 0.2) is 5.78 Å². The minimum atomic E-state index is 0.222. The summed E-state index contributed by atoms with van der Waals surface area (Å²) in [6.07, 6.45) is 8.52. The van der Waals surface area contributed by atoms with Crippen LogP contribution in [0, 0.1) is 11.8 Å². The molecule has 2 rings (SSSR count). The Morgan fingerprint density at radius 2 is 2.00 bits per heavy atom. The van der Waals surface area contributed by atoms with Crippen LogP contribution in [0.15, 0.2) is 24.3 Å². The zero-order valence-corrected chi connectivity index (χ0v) is 12.7. The summed E-state index contributed by atoms with van der Waals surface area (Å²) in [5.41, 5.74) is 0.807. The Morgan fingerprint density at radius 1 is 1.25 bits per heavy atom. The van der Waals surface area contributed by atoms with Crippen LogP contribution in [0.1, 0.15) is 62.2 Å². The molecule has 0 N–H and O–H groups in total. The van der Waals surface area contributed by atoms with Crippen LogP contribution >= 0.6 is 0 Å². The number of methoxy groups -OCH3 is 1. The van der Waals surface area contributed by atoms with Crippen LogP contribution in [0.4, 0.5) is 0 Å². The van der Waals surface area contributed by atoms with Gasteiger partial charge >= 0.3 is 0 Å². The van der Waals surface area contributed by atoms with E-state index in [0.29, 0.717) is 5.78 Å². The molecule has 0 atom stereocenters. The minimum absolute atomic E-state index is 0.222. The summed E-state index contributed by atoms with van der Waals surface area (Å²) in [4.78, 5) is 12.5. The summed E-state index contributed by atoms with van der Waals surface area (Å²) < 4.78 is 5.20. The molecule has 0 bridgehead atoms. The molecule has 0 heterocycles. The quantitative estimate of drug-likeness (QED) is 0.691. The lowest BCUT2D eigenvalue weighted by molar-refractivity contribution is 0.0869. The molecule has 0 amide bonds. The van der Waals surface area contributed by atoms with Gasteiger partial charge in [-0.15, -0.1) is 0 Å². The van der Waals surface area contributed by atoms with Crippen LogP contribution in [0.25, 0.3) is 0 Å². The molecular formula is C18H26O2. The second-order valence-electron chi connectivity index (χ2n) is 5.96. The van der Waals surface area contributed by atoms with Crippen LogP contribution in [0.3, 0.4) is 0 Å². The van der Waals surface area contributed by atoms with E-state index in [2.05, 4.69) is 6.92 Å². The van der Waals surface area contributed by atoms with Gasteiger partial charge in [0.25, 0.3) is 0 Å². The Hall–Kier alpha value is -1.31. The number of carbonyl (C=O) groups is 1. The molecule has 1 aliphatic rings. The van der Waals surface area contributed by atoms with Gasteiger partial charge in [-0.2, -0.15) is 0 Å². The van der Waals surface area contributed by atoms with E-state index in [4.69, 9.17) is 4.74 Å². The normalized spacial score (nSPS) is 22.5. The highest BCUT2D eigenvalue weighted by Gasteiger charge is 2.26. The fourth-order valence-electron chi connectivity index (χ4n) is 3.22. The molecule has 110 valence electrons. The first-order chi connectivity index (χ1) is 9.74. The van der Waals surface area contributed by atoms with Crippen LogP contribution < -0.4 is 4.74 Å². The average Bonchev–Trinajstić information content (AvgIpc) is 2.52. The topological polar surface area (TPSA) is 26.3 Å². The number of unbranched alkanes of at least 4 members (excludes halogenated alkanes) is 1. The zero-order valence-electron chi connectivity index (χ0n) is 12.7. The van der Waals surface area contributed by atoms with Gasteiger partial charge < -0.3 is 4.74 Å². The van der Waals surface area contributed by atoms with Crippen LogP contribution in [-0.4, -0.2) is 12.9 Å². The molecule has 1 fully saturated rings. The average molecular weight is 274 g/mol. The molecule has 1 saturated carbocycles. The Morgan fingerprint density at radius 3 is 2.65 bits per heavy atom. The number of rotatable bonds is 6. The van der Waals surface area contributed by atoms with Crippen molar-refractivity contribution < 1.29 is 9.53 Å². The van der Waals surface area contributed by atoms with Crippen molar-refractivity contribution in [3.8, 4) is 5.75 Å². The van der Waals surface area contributed by atoms with E-state index in [1.165, 1.54) is 32.1 Å². The Bertz CT molecular complexity index is 431. The van der Waals surface area contributed by atoms with Gasteiger partial charge in [-0.25, -0.2) is 0 Å². The summed E-state index contributed by atoms with van der Waals surface area (Å²) in [5.74, 6) is 2.15. The van der Waals surface area contributed by atoms with E-state index in [1.54, 1.807) is 7.11 Å². The smallest absolute Gasteiger partial charge is 0.166 e. The highest BCUT2D eigenvalue weighted by atomic mass is 16.5. The molecule has 1 aromatic carbocycles. The molecule has 0 spiro atoms. The maximum absolute atomic E-state index is 12.5. The SMILES string of the molecule is CCCCC1CCC(C(=O)c2cccc(OC)c2)CC1. The molecule has 0 unspecified atom stereocenters. The van der Waals surface area contributed by atoms with Crippen molar-refractivity contribution in [1.29, 1.82) is 0 Å². The monoisotopic (exact) mass is 274 g/mol. The Labute approximate surface area is 122 Å². The predicted octanol–water partition coefficient (Wildman–Crippen LogP) is 4.87. The van der Waals surface area contributed by atoms with Gasteiger partial charge in [-0.3, -0.25) is 4.79 Å². The number of ether oxygens (including phenoxy) is 1. The van der Waals surface area contributed by atoms with Crippen LogP contribution in [0.5, 0.6) is 5.75 Å². The molecule has 0 aromatic heterocycles. The fraction of sp³-hybridized carbons (Fsp3) is 0.611. The van der Waals surface area contributed by atoms with Gasteiger partial charge in [0.2, 0.25) is 0 Å². The van der Waals surface area contributed by atoms with E-state index in [9.17, 15) is 4.79 Å². The van der Waals surface area contributed by atoms with E-state index in [0.717, 1.165) is 30.1 Å². The fourth-order valence-corrected chi connectivity index (χ4v) is 3.22. The van der Waals surface area contributed by atoms with E-state index < -0.39 is 0 Å². The summed E-state index contributed by atoms with van der Waals surface area (Å²) >= 11 is 0. The Kier molecular flexibility index (Phi) is 5.63. The number of hydrogen-bond acceptors (Lipinski definition) is 2. The van der Waals surface area contributed by atoms with Crippen molar-refractivity contribution in [2.45, 2.75) is 51.9 Å². The number of benzene rings is 1. The van der Waals surface area contributed by atoms with Crippen molar-refractivity contribution in [3.63, 3.8) is 0 Å². The molecule has 2 heteroatoms. The molecule has 1 aliphatic carbocycles. The third kappa shape index (κ3) is 3.84. The van der Waals surface area contributed by atoms with E-state index in [-0.39, 0.29) is 5.92 Å². The lowest BCUT2D eigenvalue weighted by Gasteiger charge is -2.27. The molecule has 2 nitrogen and oxygen atoms in total. The van der Waals surface area contributed by atoms with Gasteiger partial charge in [-0.05, 0) is 43.7 Å². The maximum atomic E-state index is 12.5. The van der Waals surface area contributed by atoms with Crippen LogP contribution in [-0.2, 0) is 0 Å². The van der Waals surface area contributed by atoms with Gasteiger partial charge in [0.1, 0.15) is 5.75 Å². The minimum Gasteiger partial charge on any atom is -0.497 e. The first kappa shape index (κ1) is 15.1. The number of hydrogen-bond donors (Lipinski definition) is 0. The first-order valence-corrected chi connectivity index (χ1v) is 7.92. The second-order valence-corrected chi connectivity index (χ2v) is 5.96. The lowest BCUT2D eigenvalue weighted by Crippen LogP contribution is -2.22. The van der Waals surface area contributed by atoms with E-state index in [1.807, 2.05) is 24.3 Å². The van der Waals surface area contributed by atoms with Crippen LogP contribution in [0.2, 0.25) is 0 Å². The summed E-state index contributed by atoms with van der Waals surface area (Å²) in [6, 6.07) is 7.57. The standard InChI is InChI=1S/C18H26O2/c1-3-4-6-14-9-11-15(12-10-14)18(19)16-7-5-8-17(13-16)20-2/h5,7-8,13-15H,3-4,6,9-12H2,1-2H3. The summed E-state index contributed by atoms with van der Waals surface area (Å²) in [5, 5.41) is 0. The highest BCUT2D eigenvalue weighted by molar-refractivity contribution is 5.98. The highest BCUT2D eigenvalue weighted by Crippen LogP contribution is 2.34. The number of carbonyl (C=O) groups excluding carboxylic acids is 1. The molecule has 20 heavy (non-hydrogen) atoms. The largest absolute Gasteiger partial charge is 0.497 e. The molecule has 0 radical (unpaired) electrons. The molecule has 1 aromatic rings. The third-order valence-corrected chi connectivity index (χ3v) is 4.54. The molecule has 0 saturated heterocycles. The van der Waals surface area contributed by atoms with Crippen molar-refractivity contribution in [2.24, 2.45) is 11.8 Å². The van der Waals surface area contributed by atoms with E-state index >= 15 is 0 Å². The van der Waals surface area contributed by atoms with Crippen molar-refractivity contribution >= 4 is 5.78 Å². The summed E-state index contributed by atoms with van der Waals surface area (Å²) in [6.45, 7) is 2.25. The van der Waals surface area contributed by atoms with Gasteiger partial charge in [0.05, 0.1) is 7.11 Å². The maximum Gasteiger partial charge on any atom is 0.166 e. The van der Waals surface area contributed by atoms with Gasteiger partial charge in [0, 0.05) is 11.5 Å². The summed E-state index contributed by atoms with van der Waals surface area (Å²) in [7, 11) is 1.64. The number of Topliss-reactive ketones (excluding diaryl/α,β-unsaturated/α-hetero) is 1. The Balaban J connectivity index is 1.91. The van der Waals surface area contributed by atoms with Crippen molar-refractivity contribution in [2.75, 3.05) is 7.11 Å². The predicted molar refractivity (Wildman–Crippen MR) is 82.3 cm³/mol. The second kappa shape index (κ2) is 7.47. The van der Waals surface area contributed by atoms with Gasteiger partial charge in [-0.1, -0.05) is 38.3 Å². The lowest BCUT2D eigenvalue weighted by atomic mass is 9.77. The number of ketones is 1. The van der Waals surface area contributed by atoms with Crippen molar-refractivity contribution in [3.05, 3.63) is 29.8 Å². The van der Waals surface area contributed by atoms with Crippen molar-refractivity contribution in [1.82, 2.24) is 0 Å². The third-order valence-electron chi connectivity index (χ3n) is 4.54. The molecular weight excluding hydrogens is 248 g/mol.